The van der Waals surface area contributed by atoms with E-state index in [2.05, 4.69) is 35.0 Å². The highest BCUT2D eigenvalue weighted by molar-refractivity contribution is 6.32. The van der Waals surface area contributed by atoms with Crippen molar-refractivity contribution in [2.75, 3.05) is 7.05 Å². The Balaban J connectivity index is 1.65. The topological polar surface area (TPSA) is 34.0 Å². The minimum absolute atomic E-state index is 0.392. The van der Waals surface area contributed by atoms with Crippen molar-refractivity contribution in [2.24, 2.45) is 0 Å². The Kier molecular flexibility index (Phi) is 5.28. The Morgan fingerprint density at radius 3 is 2.71 bits per heavy atom. The summed E-state index contributed by atoms with van der Waals surface area (Å²) in [6.45, 7) is 3.05. The third kappa shape index (κ3) is 4.02. The van der Waals surface area contributed by atoms with Gasteiger partial charge in [-0.1, -0.05) is 29.8 Å². The van der Waals surface area contributed by atoms with Crippen molar-refractivity contribution < 1.29 is 0 Å². The molecule has 0 saturated carbocycles. The molecule has 0 aliphatic heterocycles. The summed E-state index contributed by atoms with van der Waals surface area (Å²) in [5, 5.41) is 5.14. The number of hydrogen-bond acceptors (Lipinski definition) is 3. The van der Waals surface area contributed by atoms with E-state index >= 15 is 0 Å². The Labute approximate surface area is 147 Å². The molecule has 1 atom stereocenters. The van der Waals surface area contributed by atoms with Crippen LogP contribution in [-0.4, -0.2) is 32.8 Å². The minimum Gasteiger partial charge on any atom is -0.299 e. The van der Waals surface area contributed by atoms with Crippen molar-refractivity contribution >= 4 is 11.6 Å². The molecule has 5 heteroatoms. The number of aromatic nitrogens is 3. The molecule has 3 aromatic rings. The molecule has 0 saturated heterocycles. The molecule has 0 fully saturated rings. The summed E-state index contributed by atoms with van der Waals surface area (Å²) in [7, 11) is 2.13. The zero-order valence-electron chi connectivity index (χ0n) is 13.9. The normalized spacial score (nSPS) is 12.5. The van der Waals surface area contributed by atoms with Gasteiger partial charge in [0.25, 0.3) is 0 Å². The molecule has 0 aliphatic carbocycles. The van der Waals surface area contributed by atoms with E-state index < -0.39 is 0 Å². The fourth-order valence-corrected chi connectivity index (χ4v) is 2.85. The molecule has 1 unspecified atom stereocenters. The van der Waals surface area contributed by atoms with Gasteiger partial charge in [0.2, 0.25) is 0 Å². The van der Waals surface area contributed by atoms with Crippen molar-refractivity contribution in [2.45, 2.75) is 25.9 Å². The number of para-hydroxylation sites is 1. The van der Waals surface area contributed by atoms with Crippen LogP contribution in [0.15, 0.2) is 61.1 Å². The summed E-state index contributed by atoms with van der Waals surface area (Å²) in [6.07, 6.45) is 6.70. The fourth-order valence-electron chi connectivity index (χ4n) is 2.63. The summed E-state index contributed by atoms with van der Waals surface area (Å²) in [4.78, 5) is 6.71. The SMILES string of the molecule is CC(Cc1ccccn1)N(C)Cc1cnn(-c2ccccc2Cl)c1. The molecule has 2 heterocycles. The summed E-state index contributed by atoms with van der Waals surface area (Å²) < 4.78 is 1.83. The van der Waals surface area contributed by atoms with Crippen LogP contribution in [0.3, 0.4) is 0 Å². The van der Waals surface area contributed by atoms with Gasteiger partial charge in [-0.3, -0.25) is 9.88 Å². The summed E-state index contributed by atoms with van der Waals surface area (Å²) >= 11 is 6.24. The Morgan fingerprint density at radius 2 is 1.96 bits per heavy atom. The van der Waals surface area contributed by atoms with Crippen LogP contribution in [-0.2, 0) is 13.0 Å². The second kappa shape index (κ2) is 7.60. The highest BCUT2D eigenvalue weighted by Crippen LogP contribution is 2.20. The highest BCUT2D eigenvalue weighted by Gasteiger charge is 2.13. The van der Waals surface area contributed by atoms with Gasteiger partial charge in [-0.25, -0.2) is 4.68 Å². The second-order valence-electron chi connectivity index (χ2n) is 6.03. The van der Waals surface area contributed by atoms with Gasteiger partial charge in [-0.2, -0.15) is 5.10 Å². The summed E-state index contributed by atoms with van der Waals surface area (Å²) in [5.41, 5.74) is 3.17. The molecule has 24 heavy (non-hydrogen) atoms. The molecule has 0 amide bonds. The lowest BCUT2D eigenvalue weighted by atomic mass is 10.1. The molecule has 0 bridgehead atoms. The average Bonchev–Trinajstić information content (AvgIpc) is 3.04. The van der Waals surface area contributed by atoms with Crippen LogP contribution >= 0.6 is 11.6 Å². The van der Waals surface area contributed by atoms with Gasteiger partial charge in [0.1, 0.15) is 0 Å². The number of hydrogen-bond donors (Lipinski definition) is 0. The van der Waals surface area contributed by atoms with Crippen molar-refractivity contribution in [3.05, 3.63) is 77.3 Å². The molecular weight excluding hydrogens is 320 g/mol. The van der Waals surface area contributed by atoms with Crippen LogP contribution in [0.2, 0.25) is 5.02 Å². The van der Waals surface area contributed by atoms with E-state index in [1.54, 1.807) is 0 Å². The first-order chi connectivity index (χ1) is 11.6. The van der Waals surface area contributed by atoms with Crippen LogP contribution in [0.5, 0.6) is 0 Å². The van der Waals surface area contributed by atoms with Gasteiger partial charge >= 0.3 is 0 Å². The lowest BCUT2D eigenvalue weighted by molar-refractivity contribution is 0.247. The largest absolute Gasteiger partial charge is 0.299 e. The predicted molar refractivity (Wildman–Crippen MR) is 97.4 cm³/mol. The van der Waals surface area contributed by atoms with Gasteiger partial charge in [0, 0.05) is 42.7 Å². The minimum atomic E-state index is 0.392. The van der Waals surface area contributed by atoms with E-state index in [1.807, 2.05) is 59.7 Å². The lowest BCUT2D eigenvalue weighted by Gasteiger charge is -2.23. The van der Waals surface area contributed by atoms with Gasteiger partial charge in [-0.05, 0) is 38.2 Å². The zero-order valence-corrected chi connectivity index (χ0v) is 14.7. The summed E-state index contributed by atoms with van der Waals surface area (Å²) in [6, 6.07) is 14.2. The number of halogens is 1. The van der Waals surface area contributed by atoms with E-state index in [1.165, 1.54) is 0 Å². The van der Waals surface area contributed by atoms with Crippen LogP contribution in [0, 0.1) is 0 Å². The van der Waals surface area contributed by atoms with Crippen LogP contribution in [0.25, 0.3) is 5.69 Å². The number of benzene rings is 1. The van der Waals surface area contributed by atoms with E-state index in [-0.39, 0.29) is 0 Å². The quantitative estimate of drug-likeness (QED) is 0.680. The highest BCUT2D eigenvalue weighted by atomic mass is 35.5. The first-order valence-electron chi connectivity index (χ1n) is 8.02. The van der Waals surface area contributed by atoms with Crippen molar-refractivity contribution in [3.63, 3.8) is 0 Å². The second-order valence-corrected chi connectivity index (χ2v) is 6.44. The molecule has 0 N–H and O–H groups in total. The summed E-state index contributed by atoms with van der Waals surface area (Å²) in [5.74, 6) is 0. The molecular formula is C19H21ClN4. The molecule has 4 nitrogen and oxygen atoms in total. The average molecular weight is 341 g/mol. The van der Waals surface area contributed by atoms with Gasteiger partial charge in [0.15, 0.2) is 0 Å². The van der Waals surface area contributed by atoms with Crippen molar-refractivity contribution in [1.29, 1.82) is 0 Å². The first-order valence-corrected chi connectivity index (χ1v) is 8.40. The number of likely N-dealkylation sites (N-methyl/N-ethyl adjacent to an activating group) is 1. The van der Waals surface area contributed by atoms with E-state index in [0.29, 0.717) is 11.1 Å². The first kappa shape index (κ1) is 16.7. The van der Waals surface area contributed by atoms with E-state index in [0.717, 1.165) is 29.9 Å². The fraction of sp³-hybridized carbons (Fsp3) is 0.263. The monoisotopic (exact) mass is 340 g/mol. The maximum atomic E-state index is 6.24. The number of pyridine rings is 1. The number of rotatable bonds is 6. The van der Waals surface area contributed by atoms with Crippen molar-refractivity contribution in [1.82, 2.24) is 19.7 Å². The maximum Gasteiger partial charge on any atom is 0.0831 e. The Morgan fingerprint density at radius 1 is 1.17 bits per heavy atom. The molecule has 0 aliphatic rings. The molecule has 3 rings (SSSR count). The zero-order chi connectivity index (χ0) is 16.9. The number of nitrogens with zero attached hydrogens (tertiary/aromatic N) is 4. The molecule has 2 aromatic heterocycles. The standard InChI is InChI=1S/C19H21ClN4/c1-15(11-17-7-5-6-10-21-17)23(2)13-16-12-22-24(14-16)19-9-4-3-8-18(19)20/h3-10,12,14-15H,11,13H2,1-2H3. The third-order valence-electron chi connectivity index (χ3n) is 4.15. The Bertz CT molecular complexity index is 785. The van der Waals surface area contributed by atoms with Crippen LogP contribution in [0.1, 0.15) is 18.2 Å². The van der Waals surface area contributed by atoms with Crippen LogP contribution < -0.4 is 0 Å². The third-order valence-corrected chi connectivity index (χ3v) is 4.47. The predicted octanol–water partition coefficient (Wildman–Crippen LogP) is 3.98. The maximum absolute atomic E-state index is 6.24. The van der Waals surface area contributed by atoms with E-state index in [4.69, 9.17) is 11.6 Å². The van der Waals surface area contributed by atoms with Crippen LogP contribution in [0.4, 0.5) is 0 Å². The van der Waals surface area contributed by atoms with Gasteiger partial charge in [0.05, 0.1) is 16.9 Å². The molecule has 0 spiro atoms. The van der Waals surface area contributed by atoms with E-state index in [9.17, 15) is 0 Å². The smallest absolute Gasteiger partial charge is 0.0831 e. The molecule has 1 aromatic carbocycles. The molecule has 124 valence electrons. The van der Waals surface area contributed by atoms with Crippen molar-refractivity contribution in [3.8, 4) is 5.69 Å². The van der Waals surface area contributed by atoms with Gasteiger partial charge in [-0.15, -0.1) is 0 Å². The lowest BCUT2D eigenvalue weighted by Crippen LogP contribution is -2.30. The van der Waals surface area contributed by atoms with Gasteiger partial charge < -0.3 is 0 Å². The molecule has 0 radical (unpaired) electrons. The Hall–Kier alpha value is -2.17.